The summed E-state index contributed by atoms with van der Waals surface area (Å²) in [4.78, 5) is 23.0. The number of hydrogen-bond acceptors (Lipinski definition) is 5. The van der Waals surface area contributed by atoms with Crippen LogP contribution in [0.4, 0.5) is 0 Å². The van der Waals surface area contributed by atoms with Gasteiger partial charge in [0.2, 0.25) is 0 Å². The maximum absolute atomic E-state index is 12.9. The minimum absolute atomic E-state index is 0.0190. The highest BCUT2D eigenvalue weighted by molar-refractivity contribution is 7.98. The standard InChI is InChI=1S/C22H22ClN3OS2/c1-28-18-7-8-20(23)19(13-18)22(27)26-11-9-25(10-12-26)14-17-15-29-21(24-17)16-5-3-2-4-6-16/h2-8,13,15H,9-12,14H2,1H3. The number of halogens is 1. The third-order valence-electron chi connectivity index (χ3n) is 5.02. The lowest BCUT2D eigenvalue weighted by atomic mass is 10.1. The van der Waals surface area contributed by atoms with Crippen molar-refractivity contribution in [3.05, 3.63) is 70.2 Å². The predicted octanol–water partition coefficient (Wildman–Crippen LogP) is 5.14. The third kappa shape index (κ3) is 4.83. The van der Waals surface area contributed by atoms with Gasteiger partial charge in [-0.15, -0.1) is 23.1 Å². The minimum atomic E-state index is 0.0190. The molecule has 1 fully saturated rings. The number of rotatable bonds is 5. The first-order chi connectivity index (χ1) is 14.1. The van der Waals surface area contributed by atoms with Gasteiger partial charge in [0, 0.05) is 48.6 Å². The lowest BCUT2D eigenvalue weighted by Gasteiger charge is -2.34. The van der Waals surface area contributed by atoms with Gasteiger partial charge in [0.25, 0.3) is 5.91 Å². The van der Waals surface area contributed by atoms with Crippen LogP contribution < -0.4 is 0 Å². The van der Waals surface area contributed by atoms with E-state index in [2.05, 4.69) is 22.4 Å². The first kappa shape index (κ1) is 20.4. The summed E-state index contributed by atoms with van der Waals surface area (Å²) in [5.41, 5.74) is 2.84. The summed E-state index contributed by atoms with van der Waals surface area (Å²) in [6.07, 6.45) is 2.00. The van der Waals surface area contributed by atoms with Crippen LogP contribution in [-0.2, 0) is 6.54 Å². The van der Waals surface area contributed by atoms with Crippen molar-refractivity contribution < 1.29 is 4.79 Å². The van der Waals surface area contributed by atoms with Gasteiger partial charge in [-0.3, -0.25) is 9.69 Å². The van der Waals surface area contributed by atoms with Crippen LogP contribution in [-0.4, -0.2) is 53.1 Å². The first-order valence-electron chi connectivity index (χ1n) is 9.49. The monoisotopic (exact) mass is 443 g/mol. The summed E-state index contributed by atoms with van der Waals surface area (Å²) in [5, 5.41) is 3.71. The second-order valence-corrected chi connectivity index (χ2v) is 9.07. The molecule has 1 aromatic heterocycles. The Bertz CT molecular complexity index is 985. The number of nitrogens with zero attached hydrogens (tertiary/aromatic N) is 3. The Labute approximate surface area is 184 Å². The van der Waals surface area contributed by atoms with E-state index >= 15 is 0 Å². The summed E-state index contributed by atoms with van der Waals surface area (Å²) in [5.74, 6) is 0.0190. The Balaban J connectivity index is 1.35. The Hall–Kier alpha value is -1.86. The molecule has 1 saturated heterocycles. The van der Waals surface area contributed by atoms with E-state index in [1.807, 2.05) is 47.6 Å². The Morgan fingerprint density at radius 2 is 1.90 bits per heavy atom. The number of amides is 1. The fourth-order valence-electron chi connectivity index (χ4n) is 3.40. The van der Waals surface area contributed by atoms with Crippen molar-refractivity contribution in [2.45, 2.75) is 11.4 Å². The average molecular weight is 444 g/mol. The quantitative estimate of drug-likeness (QED) is 0.511. The van der Waals surface area contributed by atoms with Crippen molar-refractivity contribution >= 4 is 40.6 Å². The molecule has 3 aromatic rings. The van der Waals surface area contributed by atoms with Crippen LogP contribution >= 0.6 is 34.7 Å². The van der Waals surface area contributed by atoms with Gasteiger partial charge in [-0.05, 0) is 24.5 Å². The van der Waals surface area contributed by atoms with Crippen LogP contribution in [0.1, 0.15) is 16.1 Å². The van der Waals surface area contributed by atoms with Crippen molar-refractivity contribution in [3.8, 4) is 10.6 Å². The molecule has 0 unspecified atom stereocenters. The zero-order chi connectivity index (χ0) is 20.2. The van der Waals surface area contributed by atoms with Crippen LogP contribution in [0.2, 0.25) is 5.02 Å². The maximum atomic E-state index is 12.9. The van der Waals surface area contributed by atoms with Gasteiger partial charge in [0.15, 0.2) is 0 Å². The van der Waals surface area contributed by atoms with Crippen LogP contribution in [0.25, 0.3) is 10.6 Å². The van der Waals surface area contributed by atoms with Crippen LogP contribution in [0.15, 0.2) is 58.8 Å². The Morgan fingerprint density at radius 1 is 1.14 bits per heavy atom. The first-order valence-corrected chi connectivity index (χ1v) is 12.0. The molecule has 2 aromatic carbocycles. The maximum Gasteiger partial charge on any atom is 0.255 e. The third-order valence-corrected chi connectivity index (χ3v) is 7.02. The van der Waals surface area contributed by atoms with Gasteiger partial charge < -0.3 is 4.90 Å². The summed E-state index contributed by atoms with van der Waals surface area (Å²) >= 11 is 9.58. The van der Waals surface area contributed by atoms with Crippen molar-refractivity contribution in [2.24, 2.45) is 0 Å². The molecular weight excluding hydrogens is 422 g/mol. The molecule has 0 N–H and O–H groups in total. The van der Waals surface area contributed by atoms with Gasteiger partial charge >= 0.3 is 0 Å². The van der Waals surface area contributed by atoms with Crippen molar-refractivity contribution in [1.82, 2.24) is 14.8 Å². The van der Waals surface area contributed by atoms with E-state index in [-0.39, 0.29) is 5.91 Å². The average Bonchev–Trinajstić information content (AvgIpc) is 3.23. The number of benzene rings is 2. The molecule has 0 bridgehead atoms. The molecule has 0 radical (unpaired) electrons. The topological polar surface area (TPSA) is 36.4 Å². The summed E-state index contributed by atoms with van der Waals surface area (Å²) in [7, 11) is 0. The Kier molecular flexibility index (Phi) is 6.55. The van der Waals surface area contributed by atoms with Crippen LogP contribution in [0, 0.1) is 0 Å². The second-order valence-electron chi connectivity index (χ2n) is 6.92. The van der Waals surface area contributed by atoms with E-state index in [0.29, 0.717) is 23.7 Å². The lowest BCUT2D eigenvalue weighted by molar-refractivity contribution is 0.0627. The predicted molar refractivity (Wildman–Crippen MR) is 122 cm³/mol. The summed E-state index contributed by atoms with van der Waals surface area (Å²) < 4.78 is 0. The van der Waals surface area contributed by atoms with Crippen molar-refractivity contribution in [3.63, 3.8) is 0 Å². The SMILES string of the molecule is CSc1ccc(Cl)c(C(=O)N2CCN(Cc3csc(-c4ccccc4)n3)CC2)c1. The van der Waals surface area contributed by atoms with Crippen molar-refractivity contribution in [2.75, 3.05) is 32.4 Å². The van der Waals surface area contributed by atoms with E-state index < -0.39 is 0 Å². The molecule has 4 nitrogen and oxygen atoms in total. The largest absolute Gasteiger partial charge is 0.336 e. The molecule has 0 atom stereocenters. The highest BCUT2D eigenvalue weighted by Crippen LogP contribution is 2.26. The molecule has 2 heterocycles. The van der Waals surface area contributed by atoms with E-state index in [9.17, 15) is 4.79 Å². The highest BCUT2D eigenvalue weighted by atomic mass is 35.5. The number of carbonyl (C=O) groups is 1. The van der Waals surface area contributed by atoms with Gasteiger partial charge in [-0.1, -0.05) is 41.9 Å². The van der Waals surface area contributed by atoms with Gasteiger partial charge in [-0.25, -0.2) is 4.98 Å². The normalized spacial score (nSPS) is 14.9. The number of thiazole rings is 1. The summed E-state index contributed by atoms with van der Waals surface area (Å²) in [6, 6.07) is 15.9. The Morgan fingerprint density at radius 3 is 2.62 bits per heavy atom. The van der Waals surface area contributed by atoms with Crippen LogP contribution in [0.3, 0.4) is 0 Å². The molecule has 1 aliphatic heterocycles. The van der Waals surface area contributed by atoms with E-state index in [1.165, 1.54) is 0 Å². The molecule has 1 amide bonds. The van der Waals surface area contributed by atoms with E-state index in [1.54, 1.807) is 23.1 Å². The highest BCUT2D eigenvalue weighted by Gasteiger charge is 2.24. The molecule has 4 rings (SSSR count). The molecule has 0 spiro atoms. The molecule has 0 saturated carbocycles. The van der Waals surface area contributed by atoms with E-state index in [0.717, 1.165) is 40.8 Å². The second kappa shape index (κ2) is 9.30. The fourth-order valence-corrected chi connectivity index (χ4v) is 4.85. The number of thioether (sulfide) groups is 1. The van der Waals surface area contributed by atoms with E-state index in [4.69, 9.17) is 16.6 Å². The smallest absolute Gasteiger partial charge is 0.255 e. The fraction of sp³-hybridized carbons (Fsp3) is 0.273. The minimum Gasteiger partial charge on any atom is -0.336 e. The molecular formula is C22H22ClN3OS2. The molecule has 150 valence electrons. The zero-order valence-corrected chi connectivity index (χ0v) is 18.6. The lowest BCUT2D eigenvalue weighted by Crippen LogP contribution is -2.48. The molecule has 7 heteroatoms. The van der Waals surface area contributed by atoms with Gasteiger partial charge in [0.1, 0.15) is 5.01 Å². The summed E-state index contributed by atoms with van der Waals surface area (Å²) in [6.45, 7) is 3.89. The number of piperazine rings is 1. The number of carbonyl (C=O) groups excluding carboxylic acids is 1. The molecule has 1 aliphatic rings. The van der Waals surface area contributed by atoms with Crippen molar-refractivity contribution in [1.29, 1.82) is 0 Å². The number of aromatic nitrogens is 1. The zero-order valence-electron chi connectivity index (χ0n) is 16.2. The van der Waals surface area contributed by atoms with Gasteiger partial charge in [0.05, 0.1) is 16.3 Å². The van der Waals surface area contributed by atoms with Crippen LogP contribution in [0.5, 0.6) is 0 Å². The number of hydrogen-bond donors (Lipinski definition) is 0. The van der Waals surface area contributed by atoms with Gasteiger partial charge in [-0.2, -0.15) is 0 Å². The molecule has 0 aliphatic carbocycles. The molecule has 29 heavy (non-hydrogen) atoms.